The minimum atomic E-state index is -0.684. The maximum Gasteiger partial charge on any atom is 0.317 e. The Bertz CT molecular complexity index is 918. The summed E-state index contributed by atoms with van der Waals surface area (Å²) < 4.78 is 5.45. The fourth-order valence-corrected chi connectivity index (χ4v) is 3.98. The van der Waals surface area contributed by atoms with Crippen molar-refractivity contribution in [3.8, 4) is 0 Å². The van der Waals surface area contributed by atoms with E-state index >= 15 is 0 Å². The van der Waals surface area contributed by atoms with Gasteiger partial charge in [-0.25, -0.2) is 0 Å². The van der Waals surface area contributed by atoms with E-state index in [1.807, 2.05) is 44.2 Å². The number of hydrogen-bond acceptors (Lipinski definition) is 4. The number of hydrogen-bond donors (Lipinski definition) is 2. The van der Waals surface area contributed by atoms with E-state index in [0.29, 0.717) is 23.7 Å². The third-order valence-electron chi connectivity index (χ3n) is 5.63. The molecule has 31 heavy (non-hydrogen) atoms. The van der Waals surface area contributed by atoms with Crippen LogP contribution in [0.1, 0.15) is 55.5 Å². The average Bonchev–Trinajstić information content (AvgIpc) is 3.28. The molecule has 0 radical (unpaired) electrons. The second-order valence-corrected chi connectivity index (χ2v) is 8.43. The van der Waals surface area contributed by atoms with Crippen LogP contribution in [-0.2, 0) is 19.7 Å². The van der Waals surface area contributed by atoms with Crippen molar-refractivity contribution in [3.63, 3.8) is 0 Å². The van der Waals surface area contributed by atoms with Gasteiger partial charge in [0.15, 0.2) is 6.61 Å². The van der Waals surface area contributed by atoms with E-state index in [1.165, 1.54) is 0 Å². The number of benzene rings is 2. The predicted octanol–water partition coefficient (Wildman–Crippen LogP) is 4.07. The van der Waals surface area contributed by atoms with Crippen molar-refractivity contribution >= 4 is 23.5 Å². The standard InChI is InChI=1S/C25H30N2O4/c1-18(2)16-26-23(29)20-12-6-7-13-21(20)27-22(28)17-31-24(30)25(14-8-9-15-25)19-10-4-3-5-11-19/h3-7,10-13,18H,8-9,14-17H2,1-2H3,(H,26,29)(H,27,28). The van der Waals surface area contributed by atoms with Crippen LogP contribution in [0.3, 0.4) is 0 Å². The van der Waals surface area contributed by atoms with Crippen LogP contribution in [0.15, 0.2) is 54.6 Å². The number of carbonyl (C=O) groups is 3. The Balaban J connectivity index is 1.63. The number of rotatable bonds is 8. The monoisotopic (exact) mass is 422 g/mol. The predicted molar refractivity (Wildman–Crippen MR) is 120 cm³/mol. The topological polar surface area (TPSA) is 84.5 Å². The minimum absolute atomic E-state index is 0.254. The Hall–Kier alpha value is -3.15. The molecule has 1 aliphatic rings. The maximum atomic E-state index is 13.0. The molecule has 1 aliphatic carbocycles. The molecule has 0 unspecified atom stereocenters. The van der Waals surface area contributed by atoms with E-state index in [0.717, 1.165) is 31.2 Å². The van der Waals surface area contributed by atoms with Crippen LogP contribution >= 0.6 is 0 Å². The number of ether oxygens (including phenoxy) is 1. The normalized spacial score (nSPS) is 14.8. The lowest BCUT2D eigenvalue weighted by molar-refractivity contribution is -0.153. The Morgan fingerprint density at radius 3 is 2.29 bits per heavy atom. The van der Waals surface area contributed by atoms with E-state index in [4.69, 9.17) is 4.74 Å². The van der Waals surface area contributed by atoms with Crippen molar-refractivity contribution in [2.24, 2.45) is 5.92 Å². The van der Waals surface area contributed by atoms with Gasteiger partial charge in [0.2, 0.25) is 0 Å². The fraction of sp³-hybridized carbons (Fsp3) is 0.400. The van der Waals surface area contributed by atoms with E-state index in [1.54, 1.807) is 24.3 Å². The van der Waals surface area contributed by atoms with Crippen LogP contribution in [0.4, 0.5) is 5.69 Å². The quantitative estimate of drug-likeness (QED) is 0.628. The van der Waals surface area contributed by atoms with Crippen LogP contribution in [0.5, 0.6) is 0 Å². The molecule has 2 aromatic rings. The first-order valence-corrected chi connectivity index (χ1v) is 10.8. The largest absolute Gasteiger partial charge is 0.455 e. The maximum absolute atomic E-state index is 13.0. The van der Waals surface area contributed by atoms with Crippen LogP contribution < -0.4 is 10.6 Å². The molecule has 1 fully saturated rings. The van der Waals surface area contributed by atoms with Gasteiger partial charge in [-0.3, -0.25) is 14.4 Å². The van der Waals surface area contributed by atoms with Crippen LogP contribution in [-0.4, -0.2) is 30.9 Å². The summed E-state index contributed by atoms with van der Waals surface area (Å²) in [5.74, 6) is -0.777. The molecule has 2 aromatic carbocycles. The number of nitrogens with one attached hydrogen (secondary N) is 2. The van der Waals surface area contributed by atoms with E-state index < -0.39 is 17.9 Å². The summed E-state index contributed by atoms with van der Waals surface area (Å²) in [6, 6.07) is 16.4. The van der Waals surface area contributed by atoms with Gasteiger partial charge in [-0.1, -0.05) is 69.2 Å². The lowest BCUT2D eigenvalue weighted by Crippen LogP contribution is -2.36. The molecular formula is C25H30N2O4. The molecule has 2 N–H and O–H groups in total. The molecule has 0 saturated heterocycles. The number of para-hydroxylation sites is 1. The van der Waals surface area contributed by atoms with Crippen LogP contribution in [0.2, 0.25) is 0 Å². The Morgan fingerprint density at radius 2 is 1.61 bits per heavy atom. The first kappa shape index (κ1) is 22.5. The fourth-order valence-electron chi connectivity index (χ4n) is 3.98. The van der Waals surface area contributed by atoms with Gasteiger partial charge in [-0.2, -0.15) is 0 Å². The summed E-state index contributed by atoms with van der Waals surface area (Å²) in [5.41, 5.74) is 1.02. The third-order valence-corrected chi connectivity index (χ3v) is 5.63. The Kier molecular flexibility index (Phi) is 7.45. The Labute approximate surface area is 183 Å². The SMILES string of the molecule is CC(C)CNC(=O)c1ccccc1NC(=O)COC(=O)C1(c2ccccc2)CCCC1. The lowest BCUT2D eigenvalue weighted by atomic mass is 9.79. The van der Waals surface area contributed by atoms with Crippen molar-refractivity contribution in [2.45, 2.75) is 44.9 Å². The second kappa shape index (κ2) is 10.2. The summed E-state index contributed by atoms with van der Waals surface area (Å²) in [7, 11) is 0. The zero-order valence-electron chi connectivity index (χ0n) is 18.1. The van der Waals surface area contributed by atoms with Gasteiger partial charge in [0.05, 0.1) is 16.7 Å². The molecule has 2 amide bonds. The molecule has 6 nitrogen and oxygen atoms in total. The van der Waals surface area contributed by atoms with Crippen molar-refractivity contribution in [1.82, 2.24) is 5.32 Å². The zero-order chi connectivity index (χ0) is 22.3. The molecule has 0 spiro atoms. The van der Waals surface area contributed by atoms with Gasteiger partial charge in [-0.05, 0) is 36.5 Å². The molecule has 6 heteroatoms. The molecule has 3 rings (SSSR count). The summed E-state index contributed by atoms with van der Waals surface area (Å²) in [5, 5.41) is 5.55. The molecule has 0 aromatic heterocycles. The zero-order valence-corrected chi connectivity index (χ0v) is 18.1. The lowest BCUT2D eigenvalue weighted by Gasteiger charge is -2.27. The summed E-state index contributed by atoms with van der Waals surface area (Å²) in [6.45, 7) is 4.17. The number of amides is 2. The molecule has 0 aliphatic heterocycles. The van der Waals surface area contributed by atoms with Gasteiger partial charge in [0.1, 0.15) is 0 Å². The summed E-state index contributed by atoms with van der Waals surface area (Å²) >= 11 is 0. The Morgan fingerprint density at radius 1 is 0.968 bits per heavy atom. The molecule has 0 heterocycles. The van der Waals surface area contributed by atoms with Crippen LogP contribution in [0, 0.1) is 5.92 Å². The number of carbonyl (C=O) groups excluding carboxylic acids is 3. The van der Waals surface area contributed by atoms with E-state index in [2.05, 4.69) is 10.6 Å². The number of esters is 1. The van der Waals surface area contributed by atoms with Crippen molar-refractivity contribution in [1.29, 1.82) is 0 Å². The van der Waals surface area contributed by atoms with Crippen molar-refractivity contribution < 1.29 is 19.1 Å². The van der Waals surface area contributed by atoms with Gasteiger partial charge >= 0.3 is 5.97 Å². The molecule has 1 saturated carbocycles. The van der Waals surface area contributed by atoms with E-state index in [-0.39, 0.29) is 11.9 Å². The highest BCUT2D eigenvalue weighted by atomic mass is 16.5. The smallest absolute Gasteiger partial charge is 0.317 e. The highest BCUT2D eigenvalue weighted by Gasteiger charge is 2.44. The molecule has 0 bridgehead atoms. The first-order chi connectivity index (χ1) is 14.9. The van der Waals surface area contributed by atoms with Gasteiger partial charge in [0, 0.05) is 6.54 Å². The second-order valence-electron chi connectivity index (χ2n) is 8.43. The van der Waals surface area contributed by atoms with Gasteiger partial charge < -0.3 is 15.4 Å². The summed E-state index contributed by atoms with van der Waals surface area (Å²) in [6.07, 6.45) is 3.34. The van der Waals surface area contributed by atoms with Gasteiger partial charge in [0.25, 0.3) is 11.8 Å². The first-order valence-electron chi connectivity index (χ1n) is 10.8. The minimum Gasteiger partial charge on any atom is -0.455 e. The van der Waals surface area contributed by atoms with E-state index in [9.17, 15) is 14.4 Å². The highest BCUT2D eigenvalue weighted by Crippen LogP contribution is 2.42. The molecule has 164 valence electrons. The van der Waals surface area contributed by atoms with Crippen molar-refractivity contribution in [2.75, 3.05) is 18.5 Å². The number of anilines is 1. The van der Waals surface area contributed by atoms with Gasteiger partial charge in [-0.15, -0.1) is 0 Å². The van der Waals surface area contributed by atoms with Crippen LogP contribution in [0.25, 0.3) is 0 Å². The highest BCUT2D eigenvalue weighted by molar-refractivity contribution is 6.04. The molecule has 0 atom stereocenters. The average molecular weight is 423 g/mol. The summed E-state index contributed by atoms with van der Waals surface area (Å²) in [4.78, 5) is 37.9. The molecular weight excluding hydrogens is 392 g/mol. The third kappa shape index (κ3) is 5.51. The van der Waals surface area contributed by atoms with Crippen molar-refractivity contribution in [3.05, 3.63) is 65.7 Å².